The maximum atomic E-state index is 5.81. The predicted octanol–water partition coefficient (Wildman–Crippen LogP) is 4.64. The quantitative estimate of drug-likeness (QED) is 0.487. The SMILES string of the molecule is COC(OC)C(c1ccccc1)(c1ccccc1)c1ccccc1. The molecule has 0 aromatic heterocycles. The van der Waals surface area contributed by atoms with Crippen molar-refractivity contribution >= 4 is 0 Å². The van der Waals surface area contributed by atoms with E-state index in [-0.39, 0.29) is 0 Å². The van der Waals surface area contributed by atoms with E-state index in [1.807, 2.05) is 18.2 Å². The molecule has 0 fully saturated rings. The van der Waals surface area contributed by atoms with Gasteiger partial charge in [-0.2, -0.15) is 0 Å². The molecule has 0 radical (unpaired) electrons. The molecule has 0 saturated heterocycles. The first-order chi connectivity index (χ1) is 11.8. The van der Waals surface area contributed by atoms with Gasteiger partial charge in [0, 0.05) is 14.2 Å². The van der Waals surface area contributed by atoms with Crippen LogP contribution in [0.2, 0.25) is 0 Å². The molecule has 24 heavy (non-hydrogen) atoms. The molecule has 0 bridgehead atoms. The van der Waals surface area contributed by atoms with Gasteiger partial charge in [0.15, 0.2) is 6.29 Å². The van der Waals surface area contributed by atoms with E-state index in [0.717, 1.165) is 16.7 Å². The van der Waals surface area contributed by atoms with Gasteiger partial charge in [0.1, 0.15) is 0 Å². The summed E-state index contributed by atoms with van der Waals surface area (Å²) in [5.74, 6) is 0. The highest BCUT2D eigenvalue weighted by molar-refractivity contribution is 5.51. The van der Waals surface area contributed by atoms with Crippen molar-refractivity contribution in [2.45, 2.75) is 11.7 Å². The van der Waals surface area contributed by atoms with Crippen LogP contribution in [0, 0.1) is 0 Å². The molecule has 3 aromatic carbocycles. The van der Waals surface area contributed by atoms with Crippen molar-refractivity contribution in [3.8, 4) is 0 Å². The lowest BCUT2D eigenvalue weighted by atomic mass is 9.68. The van der Waals surface area contributed by atoms with Crippen LogP contribution in [-0.2, 0) is 14.9 Å². The van der Waals surface area contributed by atoms with Gasteiger partial charge in [0.2, 0.25) is 0 Å². The van der Waals surface area contributed by atoms with Crippen LogP contribution < -0.4 is 0 Å². The van der Waals surface area contributed by atoms with Crippen LogP contribution in [0.25, 0.3) is 0 Å². The van der Waals surface area contributed by atoms with Crippen LogP contribution >= 0.6 is 0 Å². The lowest BCUT2D eigenvalue weighted by molar-refractivity contribution is -0.130. The second-order valence-electron chi connectivity index (χ2n) is 5.71. The molecule has 2 nitrogen and oxygen atoms in total. The molecule has 3 aromatic rings. The Kier molecular flexibility index (Phi) is 5.09. The third-order valence-corrected chi connectivity index (χ3v) is 4.47. The second kappa shape index (κ2) is 7.43. The smallest absolute Gasteiger partial charge is 0.174 e. The highest BCUT2D eigenvalue weighted by Gasteiger charge is 2.44. The Labute approximate surface area is 143 Å². The Morgan fingerprint density at radius 1 is 0.542 bits per heavy atom. The number of hydrogen-bond acceptors (Lipinski definition) is 2. The van der Waals surface area contributed by atoms with Crippen molar-refractivity contribution in [2.75, 3.05) is 14.2 Å². The van der Waals surface area contributed by atoms with E-state index < -0.39 is 11.7 Å². The average Bonchev–Trinajstić information content (AvgIpc) is 2.68. The van der Waals surface area contributed by atoms with Crippen molar-refractivity contribution in [2.24, 2.45) is 0 Å². The van der Waals surface area contributed by atoms with Crippen LogP contribution in [0.5, 0.6) is 0 Å². The highest BCUT2D eigenvalue weighted by Crippen LogP contribution is 2.43. The zero-order chi connectivity index (χ0) is 16.8. The monoisotopic (exact) mass is 318 g/mol. The van der Waals surface area contributed by atoms with Gasteiger partial charge in [0.25, 0.3) is 0 Å². The molecule has 0 atom stereocenters. The molecule has 0 N–H and O–H groups in total. The van der Waals surface area contributed by atoms with Crippen molar-refractivity contribution in [1.82, 2.24) is 0 Å². The van der Waals surface area contributed by atoms with Crippen molar-refractivity contribution in [3.63, 3.8) is 0 Å². The van der Waals surface area contributed by atoms with Gasteiger partial charge in [0.05, 0.1) is 5.41 Å². The Bertz CT molecular complexity index is 638. The van der Waals surface area contributed by atoms with Crippen molar-refractivity contribution < 1.29 is 9.47 Å². The molecule has 0 heterocycles. The molecule has 0 unspecified atom stereocenters. The zero-order valence-corrected chi connectivity index (χ0v) is 14.1. The Morgan fingerprint density at radius 3 is 1.08 bits per heavy atom. The van der Waals surface area contributed by atoms with E-state index in [9.17, 15) is 0 Å². The number of methoxy groups -OCH3 is 2. The van der Waals surface area contributed by atoms with Gasteiger partial charge >= 0.3 is 0 Å². The minimum absolute atomic E-state index is 0.454. The van der Waals surface area contributed by atoms with Crippen LogP contribution in [0.1, 0.15) is 16.7 Å². The Hall–Kier alpha value is -2.42. The van der Waals surface area contributed by atoms with Crippen LogP contribution in [0.15, 0.2) is 91.0 Å². The number of ether oxygens (including phenoxy) is 2. The summed E-state index contributed by atoms with van der Waals surface area (Å²) >= 11 is 0. The van der Waals surface area contributed by atoms with Gasteiger partial charge < -0.3 is 9.47 Å². The second-order valence-corrected chi connectivity index (χ2v) is 5.71. The number of hydrogen-bond donors (Lipinski definition) is 0. The van der Waals surface area contributed by atoms with Crippen LogP contribution in [-0.4, -0.2) is 20.5 Å². The molecular formula is C22H22O2. The molecule has 0 saturated carbocycles. The minimum Gasteiger partial charge on any atom is -0.354 e. The first-order valence-corrected chi connectivity index (χ1v) is 8.06. The standard InChI is InChI=1S/C22H22O2/c1-23-21(24-2)22(18-12-6-3-7-13-18,19-14-8-4-9-15-19)20-16-10-5-11-17-20/h3-17,21H,1-2H3. The third kappa shape index (κ3) is 2.75. The molecule has 0 aliphatic carbocycles. The maximum Gasteiger partial charge on any atom is 0.174 e. The fraction of sp³-hybridized carbons (Fsp3) is 0.182. The van der Waals surface area contributed by atoms with Gasteiger partial charge in [-0.15, -0.1) is 0 Å². The molecular weight excluding hydrogens is 296 g/mol. The zero-order valence-electron chi connectivity index (χ0n) is 14.1. The van der Waals surface area contributed by atoms with E-state index in [4.69, 9.17) is 9.47 Å². The van der Waals surface area contributed by atoms with E-state index in [1.165, 1.54) is 0 Å². The fourth-order valence-electron chi connectivity index (χ4n) is 3.46. The van der Waals surface area contributed by atoms with Gasteiger partial charge in [-0.25, -0.2) is 0 Å². The summed E-state index contributed by atoms with van der Waals surface area (Å²) in [7, 11) is 3.38. The highest BCUT2D eigenvalue weighted by atomic mass is 16.7. The summed E-state index contributed by atoms with van der Waals surface area (Å²) in [6.07, 6.45) is -0.454. The number of rotatable bonds is 6. The summed E-state index contributed by atoms with van der Waals surface area (Å²) in [4.78, 5) is 0. The molecule has 0 spiro atoms. The predicted molar refractivity (Wildman–Crippen MR) is 97.0 cm³/mol. The lowest BCUT2D eigenvalue weighted by Gasteiger charge is -2.40. The first-order valence-electron chi connectivity index (χ1n) is 8.06. The molecule has 0 aliphatic rings. The first kappa shape index (κ1) is 16.4. The van der Waals surface area contributed by atoms with Crippen molar-refractivity contribution in [1.29, 1.82) is 0 Å². The van der Waals surface area contributed by atoms with Gasteiger partial charge in [-0.1, -0.05) is 91.0 Å². The van der Waals surface area contributed by atoms with E-state index >= 15 is 0 Å². The van der Waals surface area contributed by atoms with Crippen LogP contribution in [0.4, 0.5) is 0 Å². The van der Waals surface area contributed by atoms with E-state index in [1.54, 1.807) is 14.2 Å². The van der Waals surface area contributed by atoms with E-state index in [2.05, 4.69) is 72.8 Å². The summed E-state index contributed by atoms with van der Waals surface area (Å²) < 4.78 is 11.6. The Balaban J connectivity index is 2.37. The normalized spacial score (nSPS) is 11.6. The molecule has 2 heteroatoms. The fourth-order valence-corrected chi connectivity index (χ4v) is 3.46. The molecule has 0 aliphatic heterocycles. The van der Waals surface area contributed by atoms with Crippen molar-refractivity contribution in [3.05, 3.63) is 108 Å². The molecule has 3 rings (SSSR count). The topological polar surface area (TPSA) is 18.5 Å². The molecule has 0 amide bonds. The number of benzene rings is 3. The average molecular weight is 318 g/mol. The summed E-state index contributed by atoms with van der Waals surface area (Å²) in [5.41, 5.74) is 2.86. The largest absolute Gasteiger partial charge is 0.354 e. The van der Waals surface area contributed by atoms with Gasteiger partial charge in [-0.05, 0) is 16.7 Å². The summed E-state index contributed by atoms with van der Waals surface area (Å²) in [6.45, 7) is 0. The minimum atomic E-state index is -0.548. The third-order valence-electron chi connectivity index (χ3n) is 4.47. The van der Waals surface area contributed by atoms with Gasteiger partial charge in [-0.3, -0.25) is 0 Å². The summed E-state index contributed by atoms with van der Waals surface area (Å²) in [5, 5.41) is 0. The Morgan fingerprint density at radius 2 is 0.833 bits per heavy atom. The summed E-state index contributed by atoms with van der Waals surface area (Å²) in [6, 6.07) is 31.2. The lowest BCUT2D eigenvalue weighted by Crippen LogP contribution is -2.44. The molecule has 122 valence electrons. The maximum absolute atomic E-state index is 5.81. The van der Waals surface area contributed by atoms with E-state index in [0.29, 0.717) is 0 Å². The van der Waals surface area contributed by atoms with Crippen LogP contribution in [0.3, 0.4) is 0 Å².